The van der Waals surface area contributed by atoms with Gasteiger partial charge >= 0.3 is 0 Å². The first-order valence-electron chi connectivity index (χ1n) is 10.7. The summed E-state index contributed by atoms with van der Waals surface area (Å²) in [5.41, 5.74) is 2.00. The molecule has 2 nitrogen and oxygen atoms in total. The zero-order valence-electron chi connectivity index (χ0n) is 16.7. The Bertz CT molecular complexity index is 1060. The Morgan fingerprint density at radius 3 is 2.17 bits per heavy atom. The van der Waals surface area contributed by atoms with Gasteiger partial charge in [0.15, 0.2) is 5.78 Å². The number of carbonyl (C=O) groups excluding carboxylic acids is 1. The van der Waals surface area contributed by atoms with Crippen molar-refractivity contribution in [2.24, 2.45) is 23.7 Å². The molecule has 5 heteroatoms. The predicted molar refractivity (Wildman–Crippen MR) is 113 cm³/mol. The molecule has 0 spiro atoms. The van der Waals surface area contributed by atoms with Gasteiger partial charge in [0.1, 0.15) is 17.4 Å². The Kier molecular flexibility index (Phi) is 4.73. The van der Waals surface area contributed by atoms with Crippen molar-refractivity contribution in [3.63, 3.8) is 0 Å². The minimum absolute atomic E-state index is 0.00389. The average molecular weight is 429 g/mol. The highest BCUT2D eigenvalue weighted by molar-refractivity contribution is 6.30. The number of fused-ring (bicyclic) bond motifs is 2. The molecule has 0 radical (unpaired) electrons. The van der Waals surface area contributed by atoms with Gasteiger partial charge in [-0.25, -0.2) is 8.78 Å². The Balaban J connectivity index is 1.66. The SMILES string of the molecule is CCc1ccc(-c2c(F)cc(Cl)cc2F)cc1C1=C(O)[C@H]2[C@H]3CC[C@H](CC3)[C@H]2C1=O. The number of ketones is 1. The number of halogens is 3. The van der Waals surface area contributed by atoms with Crippen molar-refractivity contribution >= 4 is 23.0 Å². The number of aryl methyl sites for hydroxylation is 1. The number of hydrogen-bond acceptors (Lipinski definition) is 2. The number of allylic oxidation sites excluding steroid dienone is 2. The second-order valence-electron chi connectivity index (χ2n) is 8.82. The summed E-state index contributed by atoms with van der Waals surface area (Å²) in [5, 5.41) is 11.1. The fourth-order valence-corrected chi connectivity index (χ4v) is 6.23. The first kappa shape index (κ1) is 19.7. The van der Waals surface area contributed by atoms with Gasteiger partial charge in [0, 0.05) is 16.9 Å². The molecule has 2 atom stereocenters. The first-order valence-corrected chi connectivity index (χ1v) is 11.0. The van der Waals surface area contributed by atoms with Crippen molar-refractivity contribution in [1.29, 1.82) is 0 Å². The van der Waals surface area contributed by atoms with E-state index in [2.05, 4.69) is 0 Å². The number of aliphatic hydroxyl groups is 1. The first-order chi connectivity index (χ1) is 14.4. The van der Waals surface area contributed by atoms with Crippen LogP contribution in [-0.4, -0.2) is 10.9 Å². The molecule has 3 fully saturated rings. The topological polar surface area (TPSA) is 37.3 Å². The number of Topliss-reactive ketones (excluding diaryl/α,β-unsaturated/α-hetero) is 1. The van der Waals surface area contributed by atoms with Crippen molar-refractivity contribution < 1.29 is 18.7 Å². The van der Waals surface area contributed by atoms with Gasteiger partial charge in [0.25, 0.3) is 0 Å². The average Bonchev–Trinajstić information content (AvgIpc) is 3.00. The smallest absolute Gasteiger partial charge is 0.170 e. The Morgan fingerprint density at radius 1 is 1.00 bits per heavy atom. The lowest BCUT2D eigenvalue weighted by Gasteiger charge is -2.44. The minimum Gasteiger partial charge on any atom is -0.511 e. The van der Waals surface area contributed by atoms with E-state index in [1.54, 1.807) is 18.2 Å². The molecule has 30 heavy (non-hydrogen) atoms. The van der Waals surface area contributed by atoms with Gasteiger partial charge in [-0.15, -0.1) is 0 Å². The van der Waals surface area contributed by atoms with Crippen molar-refractivity contribution in [1.82, 2.24) is 0 Å². The third-order valence-corrected chi connectivity index (χ3v) is 7.61. The van der Waals surface area contributed by atoms with Crippen LogP contribution in [0.3, 0.4) is 0 Å². The van der Waals surface area contributed by atoms with Crippen LogP contribution in [0.2, 0.25) is 5.02 Å². The summed E-state index contributed by atoms with van der Waals surface area (Å²) in [6.45, 7) is 1.97. The summed E-state index contributed by atoms with van der Waals surface area (Å²) in [6.07, 6.45) is 4.84. The minimum atomic E-state index is -0.752. The van der Waals surface area contributed by atoms with Crippen molar-refractivity contribution in [2.45, 2.75) is 39.0 Å². The number of carbonyl (C=O) groups is 1. The van der Waals surface area contributed by atoms with Gasteiger partial charge in [-0.1, -0.05) is 30.7 Å². The van der Waals surface area contributed by atoms with Crippen LogP contribution in [-0.2, 0) is 11.2 Å². The third-order valence-electron chi connectivity index (χ3n) is 7.40. The number of hydrogen-bond donors (Lipinski definition) is 1. The van der Waals surface area contributed by atoms with E-state index < -0.39 is 11.6 Å². The van der Waals surface area contributed by atoms with Gasteiger partial charge in [0.2, 0.25) is 0 Å². The van der Waals surface area contributed by atoms with E-state index >= 15 is 0 Å². The number of aliphatic hydroxyl groups excluding tert-OH is 1. The van der Waals surface area contributed by atoms with Crippen LogP contribution in [0.4, 0.5) is 8.78 Å². The van der Waals surface area contributed by atoms with Gasteiger partial charge in [-0.05, 0) is 78.8 Å². The molecule has 0 heterocycles. The van der Waals surface area contributed by atoms with E-state index in [9.17, 15) is 18.7 Å². The quantitative estimate of drug-likeness (QED) is 0.586. The monoisotopic (exact) mass is 428 g/mol. The number of rotatable bonds is 3. The molecule has 2 bridgehead atoms. The molecular formula is C25H23ClF2O2. The molecule has 2 aromatic carbocycles. The van der Waals surface area contributed by atoms with E-state index in [0.717, 1.165) is 43.4 Å². The van der Waals surface area contributed by atoms with Gasteiger partial charge in [-0.2, -0.15) is 0 Å². The largest absolute Gasteiger partial charge is 0.511 e. The third kappa shape index (κ3) is 2.84. The summed E-state index contributed by atoms with van der Waals surface area (Å²) in [5.74, 6) is -0.899. The van der Waals surface area contributed by atoms with E-state index in [-0.39, 0.29) is 34.0 Å². The van der Waals surface area contributed by atoms with Crippen molar-refractivity contribution in [3.05, 3.63) is 63.9 Å². The number of benzene rings is 2. The van der Waals surface area contributed by atoms with Crippen LogP contribution in [0.15, 0.2) is 36.1 Å². The van der Waals surface area contributed by atoms with E-state index in [1.807, 2.05) is 6.92 Å². The van der Waals surface area contributed by atoms with Crippen LogP contribution in [0.5, 0.6) is 0 Å². The molecule has 2 aromatic rings. The maximum Gasteiger partial charge on any atom is 0.170 e. The second-order valence-corrected chi connectivity index (χ2v) is 9.26. The molecule has 0 saturated heterocycles. The van der Waals surface area contributed by atoms with Crippen LogP contribution in [0, 0.1) is 35.3 Å². The summed E-state index contributed by atoms with van der Waals surface area (Å²) in [7, 11) is 0. The van der Waals surface area contributed by atoms with Crippen molar-refractivity contribution in [3.8, 4) is 11.1 Å². The highest BCUT2D eigenvalue weighted by Crippen LogP contribution is 2.57. The van der Waals surface area contributed by atoms with Crippen LogP contribution in [0.1, 0.15) is 43.7 Å². The summed E-state index contributed by atoms with van der Waals surface area (Å²) in [4.78, 5) is 13.5. The molecule has 0 aliphatic heterocycles. The van der Waals surface area contributed by atoms with E-state index in [1.165, 1.54) is 0 Å². The van der Waals surface area contributed by atoms with Crippen molar-refractivity contribution in [2.75, 3.05) is 0 Å². The molecule has 1 N–H and O–H groups in total. The molecule has 0 aromatic heterocycles. The van der Waals surface area contributed by atoms with Crippen LogP contribution < -0.4 is 0 Å². The highest BCUT2D eigenvalue weighted by Gasteiger charge is 2.54. The Labute approximate surface area is 179 Å². The molecule has 3 saturated carbocycles. The maximum atomic E-state index is 14.5. The molecule has 4 aliphatic carbocycles. The van der Waals surface area contributed by atoms with Crippen LogP contribution >= 0.6 is 11.6 Å². The van der Waals surface area contributed by atoms with Gasteiger partial charge < -0.3 is 5.11 Å². The molecule has 4 aliphatic rings. The summed E-state index contributed by atoms with van der Waals surface area (Å²) < 4.78 is 29.1. The van der Waals surface area contributed by atoms with Gasteiger partial charge in [0.05, 0.1) is 11.1 Å². The summed E-state index contributed by atoms with van der Waals surface area (Å²) in [6, 6.07) is 7.26. The fourth-order valence-electron chi connectivity index (χ4n) is 6.04. The molecule has 6 rings (SSSR count). The van der Waals surface area contributed by atoms with E-state index in [4.69, 9.17) is 11.6 Å². The molecular weight excluding hydrogens is 406 g/mol. The summed E-state index contributed by atoms with van der Waals surface area (Å²) >= 11 is 5.77. The standard InChI is InChI=1S/C25H23ClF2O2/c1-2-12-3-8-15(20-18(27)10-16(26)11-19(20)28)9-17(12)23-24(29)21-13-4-5-14(7-6-13)22(21)25(23)30/h3,8-11,13-14,21-22,29H,2,4-7H2,1H3/t13-,14+,21-,22+/m0/s1. The molecule has 156 valence electrons. The lowest BCUT2D eigenvalue weighted by atomic mass is 9.59. The predicted octanol–water partition coefficient (Wildman–Crippen LogP) is 6.75. The second kappa shape index (κ2) is 7.19. The lowest BCUT2D eigenvalue weighted by molar-refractivity contribution is -0.123. The zero-order chi connectivity index (χ0) is 21.2. The fraction of sp³-hybridized carbons (Fsp3) is 0.400. The Morgan fingerprint density at radius 2 is 1.60 bits per heavy atom. The van der Waals surface area contributed by atoms with Gasteiger partial charge in [-0.3, -0.25) is 4.79 Å². The molecule has 0 amide bonds. The Hall–Kier alpha value is -2.20. The normalized spacial score (nSPS) is 27.7. The highest BCUT2D eigenvalue weighted by atomic mass is 35.5. The van der Waals surface area contributed by atoms with Crippen LogP contribution in [0.25, 0.3) is 16.7 Å². The lowest BCUT2D eigenvalue weighted by Crippen LogP contribution is -2.41. The maximum absolute atomic E-state index is 14.5. The molecule has 0 unspecified atom stereocenters. The van der Waals surface area contributed by atoms with E-state index in [0.29, 0.717) is 35.0 Å². The zero-order valence-corrected chi connectivity index (χ0v) is 17.5.